The summed E-state index contributed by atoms with van der Waals surface area (Å²) in [6, 6.07) is 0. The summed E-state index contributed by atoms with van der Waals surface area (Å²) in [4.78, 5) is 0. The summed E-state index contributed by atoms with van der Waals surface area (Å²) in [5, 5.41) is 0. The van der Waals surface area contributed by atoms with E-state index in [1.807, 2.05) is 0 Å². The van der Waals surface area contributed by atoms with Crippen LogP contribution in [-0.4, -0.2) is 0 Å². The maximum atomic E-state index is 0. The van der Waals surface area contributed by atoms with Crippen molar-refractivity contribution in [2.24, 2.45) is 0 Å². The van der Waals surface area contributed by atoms with Gasteiger partial charge in [0.15, 0.2) is 0 Å². The SMILES string of the molecule is C.[CH3-].[CH3-].[CH3-].[W+2].[Y]. The van der Waals surface area contributed by atoms with Crippen LogP contribution < -0.4 is 0 Å². The number of hydrogen-bond donors (Lipinski definition) is 0. The van der Waals surface area contributed by atoms with Crippen molar-refractivity contribution in [2.75, 3.05) is 0 Å². The molecule has 0 aliphatic carbocycles. The van der Waals surface area contributed by atoms with E-state index in [0.717, 1.165) is 0 Å². The van der Waals surface area contributed by atoms with Crippen molar-refractivity contribution in [3.63, 3.8) is 0 Å². The van der Waals surface area contributed by atoms with Gasteiger partial charge in [-0.25, -0.2) is 0 Å². The van der Waals surface area contributed by atoms with Crippen LogP contribution in [0.25, 0.3) is 0 Å². The van der Waals surface area contributed by atoms with E-state index in [-0.39, 0.29) is 83.5 Å². The molecule has 6 heavy (non-hydrogen) atoms. The molecule has 0 amide bonds. The molecule has 2 heteroatoms. The second-order valence-corrected chi connectivity index (χ2v) is 0. The van der Waals surface area contributed by atoms with Gasteiger partial charge < -0.3 is 22.3 Å². The van der Waals surface area contributed by atoms with Gasteiger partial charge in [0, 0.05) is 32.7 Å². The Morgan fingerprint density at radius 3 is 0.667 bits per heavy atom. The molecule has 0 atom stereocenters. The molecule has 0 nitrogen and oxygen atoms in total. The molecule has 39 valence electrons. The van der Waals surface area contributed by atoms with Crippen molar-refractivity contribution in [2.45, 2.75) is 7.43 Å². The number of rotatable bonds is 0. The molecule has 0 saturated heterocycles. The van der Waals surface area contributed by atoms with Gasteiger partial charge >= 0.3 is 21.1 Å². The van der Waals surface area contributed by atoms with Crippen LogP contribution in [0.2, 0.25) is 0 Å². The minimum Gasteiger partial charge on any atom is -0.358 e. The topological polar surface area (TPSA) is 0 Å². The second kappa shape index (κ2) is 70.9. The van der Waals surface area contributed by atoms with E-state index >= 15 is 0 Å². The summed E-state index contributed by atoms with van der Waals surface area (Å²) < 4.78 is 0. The molecule has 0 rings (SSSR count). The quantitative estimate of drug-likeness (QED) is 0.595. The fraction of sp³-hybridized carbons (Fsp3) is 0.250. The molecule has 1 radical (unpaired) electrons. The van der Waals surface area contributed by atoms with E-state index in [2.05, 4.69) is 0 Å². The molecule has 0 aliphatic heterocycles. The molecule has 0 N–H and O–H groups in total. The summed E-state index contributed by atoms with van der Waals surface area (Å²) in [6.45, 7) is 0. The first-order valence-electron chi connectivity index (χ1n) is 0. The van der Waals surface area contributed by atoms with Gasteiger partial charge in [-0.1, -0.05) is 7.43 Å². The summed E-state index contributed by atoms with van der Waals surface area (Å²) in [5.74, 6) is 0. The van der Waals surface area contributed by atoms with E-state index in [9.17, 15) is 0 Å². The van der Waals surface area contributed by atoms with Gasteiger partial charge in [0.2, 0.25) is 0 Å². The molecular weight excluding hydrogens is 321 g/mol. The van der Waals surface area contributed by atoms with Crippen LogP contribution in [0.15, 0.2) is 0 Å². The van der Waals surface area contributed by atoms with Crippen LogP contribution >= 0.6 is 0 Å². The van der Waals surface area contributed by atoms with Crippen molar-refractivity contribution >= 4 is 0 Å². The Hall–Kier alpha value is 1.79. The van der Waals surface area contributed by atoms with E-state index < -0.39 is 0 Å². The first kappa shape index (κ1) is 112. The maximum absolute atomic E-state index is 0. The predicted molar refractivity (Wildman–Crippen MR) is 26.0 cm³/mol. The van der Waals surface area contributed by atoms with Gasteiger partial charge in [-0.15, -0.1) is 0 Å². The summed E-state index contributed by atoms with van der Waals surface area (Å²) in [5.41, 5.74) is 0. The zero-order chi connectivity index (χ0) is 0. The predicted octanol–water partition coefficient (Wildman–Crippen LogP) is 1.98. The average Bonchev–Trinajstić information content (AvgIpc) is 0. The molecule has 0 aromatic carbocycles. The third-order valence-corrected chi connectivity index (χ3v) is 0. The van der Waals surface area contributed by atoms with Gasteiger partial charge in [-0.3, -0.25) is 0 Å². The van der Waals surface area contributed by atoms with Crippen molar-refractivity contribution in [1.82, 2.24) is 0 Å². The molecule has 0 spiro atoms. The molecular formula is C4H13WY-. The maximum Gasteiger partial charge on any atom is 2.00 e. The summed E-state index contributed by atoms with van der Waals surface area (Å²) in [6.07, 6.45) is 0. The fourth-order valence-corrected chi connectivity index (χ4v) is 0. The molecule has 0 aliphatic rings. The van der Waals surface area contributed by atoms with Crippen LogP contribution in [0.5, 0.6) is 0 Å². The van der Waals surface area contributed by atoms with Crippen LogP contribution in [0, 0.1) is 22.3 Å². The monoisotopic (exact) mass is 334 g/mol. The van der Waals surface area contributed by atoms with E-state index in [4.69, 9.17) is 0 Å². The largest absolute Gasteiger partial charge is 2.00 e. The zero-order valence-electron chi connectivity index (χ0n) is 3.99. The Kier molecular flexibility index (Phi) is 1320. The normalized spacial score (nSPS) is 0. The first-order valence-corrected chi connectivity index (χ1v) is 0. The van der Waals surface area contributed by atoms with Gasteiger partial charge in [0.05, 0.1) is 0 Å². The van der Waals surface area contributed by atoms with Crippen molar-refractivity contribution in [3.05, 3.63) is 22.3 Å². The van der Waals surface area contributed by atoms with Gasteiger partial charge in [0.25, 0.3) is 0 Å². The van der Waals surface area contributed by atoms with E-state index in [0.29, 0.717) is 0 Å². The molecule has 0 saturated carbocycles. The molecule has 0 aromatic rings. The summed E-state index contributed by atoms with van der Waals surface area (Å²) >= 11 is 0. The van der Waals surface area contributed by atoms with Crippen molar-refractivity contribution in [3.8, 4) is 0 Å². The van der Waals surface area contributed by atoms with Crippen molar-refractivity contribution in [1.29, 1.82) is 0 Å². The minimum atomic E-state index is 0. The first-order chi connectivity index (χ1) is 0. The zero-order valence-corrected chi connectivity index (χ0v) is 9.76. The second-order valence-electron chi connectivity index (χ2n) is 0. The van der Waals surface area contributed by atoms with Crippen LogP contribution in [0.3, 0.4) is 0 Å². The summed E-state index contributed by atoms with van der Waals surface area (Å²) in [7, 11) is 0. The van der Waals surface area contributed by atoms with Crippen LogP contribution in [0.1, 0.15) is 7.43 Å². The third-order valence-electron chi connectivity index (χ3n) is 0. The molecule has 0 fully saturated rings. The van der Waals surface area contributed by atoms with Crippen LogP contribution in [-0.2, 0) is 53.8 Å². The molecule has 0 unspecified atom stereocenters. The van der Waals surface area contributed by atoms with Crippen LogP contribution in [0.4, 0.5) is 0 Å². The van der Waals surface area contributed by atoms with E-state index in [1.165, 1.54) is 0 Å². The molecule has 0 heterocycles. The molecule has 0 aromatic heterocycles. The Morgan fingerprint density at radius 2 is 0.667 bits per heavy atom. The Morgan fingerprint density at radius 1 is 0.667 bits per heavy atom. The Balaban J connectivity index is 0. The van der Waals surface area contributed by atoms with Gasteiger partial charge in [0.1, 0.15) is 0 Å². The smallest absolute Gasteiger partial charge is 0.358 e. The van der Waals surface area contributed by atoms with Crippen molar-refractivity contribution < 1.29 is 53.8 Å². The standard InChI is InChI=1S/CH4.3CH3.W.Y/h1H4;3*1H3;;/q;3*-1;+2;. The van der Waals surface area contributed by atoms with E-state index in [1.54, 1.807) is 0 Å². The van der Waals surface area contributed by atoms with Gasteiger partial charge in [-0.2, -0.15) is 0 Å². The Bertz CT molecular complexity index is 7.51. The fourth-order valence-electron chi connectivity index (χ4n) is 0. The molecule has 0 bridgehead atoms. The minimum absolute atomic E-state index is 0. The third kappa shape index (κ3) is 41.4. The average molecular weight is 334 g/mol. The Labute approximate surface area is 82.6 Å². The van der Waals surface area contributed by atoms with Gasteiger partial charge in [-0.05, 0) is 0 Å². The number of hydrogen-bond acceptors (Lipinski definition) is 0.